The lowest BCUT2D eigenvalue weighted by atomic mass is 9.94. The third-order valence-corrected chi connectivity index (χ3v) is 5.55. The minimum absolute atomic E-state index is 0.0312. The van der Waals surface area contributed by atoms with Gasteiger partial charge < -0.3 is 19.8 Å². The number of H-pyrrole nitrogens is 1. The van der Waals surface area contributed by atoms with Crippen LogP contribution in [-0.4, -0.2) is 55.3 Å². The van der Waals surface area contributed by atoms with E-state index < -0.39 is 0 Å². The minimum Gasteiger partial charge on any atom is -0.348 e. The third-order valence-electron chi connectivity index (χ3n) is 5.55. The molecule has 2 aromatic heterocycles. The van der Waals surface area contributed by atoms with Crippen LogP contribution >= 0.6 is 0 Å². The first-order valence-corrected chi connectivity index (χ1v) is 9.73. The van der Waals surface area contributed by atoms with Crippen molar-refractivity contribution in [1.29, 1.82) is 0 Å². The van der Waals surface area contributed by atoms with E-state index in [2.05, 4.69) is 30.0 Å². The predicted octanol–water partition coefficient (Wildman–Crippen LogP) is 1.86. The SMILES string of the molecule is O=C(NCCc1nnc2n1CCCCC2)N1CCC(c2cnc[nH]2)CC1. The highest BCUT2D eigenvalue weighted by Crippen LogP contribution is 2.26. The highest BCUT2D eigenvalue weighted by Gasteiger charge is 2.24. The number of nitrogens with one attached hydrogen (secondary N) is 2. The molecule has 4 rings (SSSR count). The molecular weight excluding hydrogens is 330 g/mol. The van der Waals surface area contributed by atoms with Gasteiger partial charge in [-0.05, 0) is 25.7 Å². The van der Waals surface area contributed by atoms with Gasteiger partial charge >= 0.3 is 6.03 Å². The van der Waals surface area contributed by atoms with E-state index in [1.54, 1.807) is 6.33 Å². The molecule has 26 heavy (non-hydrogen) atoms. The van der Waals surface area contributed by atoms with Gasteiger partial charge in [0.25, 0.3) is 0 Å². The maximum atomic E-state index is 12.4. The number of fused-ring (bicyclic) bond motifs is 1. The molecule has 2 aromatic rings. The molecule has 2 N–H and O–H groups in total. The maximum Gasteiger partial charge on any atom is 0.317 e. The fraction of sp³-hybridized carbons (Fsp3) is 0.667. The zero-order chi connectivity index (χ0) is 17.8. The summed E-state index contributed by atoms with van der Waals surface area (Å²) in [4.78, 5) is 21.6. The molecule has 140 valence electrons. The van der Waals surface area contributed by atoms with Gasteiger partial charge in [-0.3, -0.25) is 0 Å². The van der Waals surface area contributed by atoms with Crippen molar-refractivity contribution in [2.75, 3.05) is 19.6 Å². The molecule has 4 heterocycles. The highest BCUT2D eigenvalue weighted by molar-refractivity contribution is 5.74. The Labute approximate surface area is 153 Å². The van der Waals surface area contributed by atoms with Crippen LogP contribution in [0.2, 0.25) is 0 Å². The van der Waals surface area contributed by atoms with E-state index in [-0.39, 0.29) is 6.03 Å². The van der Waals surface area contributed by atoms with Crippen molar-refractivity contribution in [3.63, 3.8) is 0 Å². The van der Waals surface area contributed by atoms with Crippen molar-refractivity contribution in [2.45, 2.75) is 57.4 Å². The molecule has 2 amide bonds. The summed E-state index contributed by atoms with van der Waals surface area (Å²) in [6.07, 6.45) is 11.0. The number of amides is 2. The van der Waals surface area contributed by atoms with Crippen molar-refractivity contribution < 1.29 is 4.79 Å². The second kappa shape index (κ2) is 7.88. The summed E-state index contributed by atoms with van der Waals surface area (Å²) in [6.45, 7) is 3.19. The van der Waals surface area contributed by atoms with Crippen LogP contribution in [0.1, 0.15) is 55.4 Å². The summed E-state index contributed by atoms with van der Waals surface area (Å²) in [7, 11) is 0. The number of carbonyl (C=O) groups excluding carboxylic acids is 1. The Morgan fingerprint density at radius 3 is 2.88 bits per heavy atom. The number of imidazole rings is 1. The van der Waals surface area contributed by atoms with Crippen LogP contribution < -0.4 is 5.32 Å². The molecule has 0 radical (unpaired) electrons. The molecule has 0 spiro atoms. The van der Waals surface area contributed by atoms with Gasteiger partial charge in [-0.2, -0.15) is 0 Å². The topological polar surface area (TPSA) is 91.7 Å². The van der Waals surface area contributed by atoms with E-state index >= 15 is 0 Å². The van der Waals surface area contributed by atoms with Crippen LogP contribution in [0.3, 0.4) is 0 Å². The van der Waals surface area contributed by atoms with Gasteiger partial charge in [-0.25, -0.2) is 9.78 Å². The Bertz CT molecular complexity index is 716. The van der Waals surface area contributed by atoms with E-state index in [1.807, 2.05) is 11.1 Å². The Kier molecular flexibility index (Phi) is 5.17. The van der Waals surface area contributed by atoms with Gasteiger partial charge in [0.1, 0.15) is 11.6 Å². The monoisotopic (exact) mass is 357 g/mol. The standard InChI is InChI=1S/C18H27N7O/c26-18(24-10-6-14(7-11-24)15-12-19-13-21-15)20-8-5-17-23-22-16-4-2-1-3-9-25(16)17/h12-14H,1-11H2,(H,19,21)(H,20,26). The summed E-state index contributed by atoms with van der Waals surface area (Å²) in [5.74, 6) is 2.58. The molecule has 0 bridgehead atoms. The Hall–Kier alpha value is -2.38. The van der Waals surface area contributed by atoms with E-state index in [0.29, 0.717) is 12.5 Å². The highest BCUT2D eigenvalue weighted by atomic mass is 16.2. The predicted molar refractivity (Wildman–Crippen MR) is 96.8 cm³/mol. The number of aryl methyl sites for hydroxylation is 1. The molecule has 1 fully saturated rings. The van der Waals surface area contributed by atoms with Crippen molar-refractivity contribution in [1.82, 2.24) is 34.9 Å². The van der Waals surface area contributed by atoms with Gasteiger partial charge in [0.2, 0.25) is 0 Å². The number of rotatable bonds is 4. The zero-order valence-electron chi connectivity index (χ0n) is 15.2. The van der Waals surface area contributed by atoms with Crippen LogP contribution in [0.4, 0.5) is 4.79 Å². The van der Waals surface area contributed by atoms with E-state index in [0.717, 1.165) is 57.0 Å². The van der Waals surface area contributed by atoms with Crippen molar-refractivity contribution in [3.8, 4) is 0 Å². The molecule has 0 unspecified atom stereocenters. The second-order valence-electron chi connectivity index (χ2n) is 7.24. The van der Waals surface area contributed by atoms with Crippen LogP contribution in [0, 0.1) is 0 Å². The van der Waals surface area contributed by atoms with Gasteiger partial charge in [0.05, 0.1) is 6.33 Å². The van der Waals surface area contributed by atoms with Gasteiger partial charge in [-0.15, -0.1) is 10.2 Å². The van der Waals surface area contributed by atoms with Crippen LogP contribution in [-0.2, 0) is 19.4 Å². The maximum absolute atomic E-state index is 12.4. The molecule has 0 atom stereocenters. The van der Waals surface area contributed by atoms with Gasteiger partial charge in [0, 0.05) is 56.8 Å². The van der Waals surface area contributed by atoms with E-state index in [9.17, 15) is 4.79 Å². The summed E-state index contributed by atoms with van der Waals surface area (Å²) < 4.78 is 2.25. The second-order valence-corrected chi connectivity index (χ2v) is 7.24. The number of likely N-dealkylation sites (tertiary alicyclic amines) is 1. The zero-order valence-corrected chi connectivity index (χ0v) is 15.2. The largest absolute Gasteiger partial charge is 0.348 e. The van der Waals surface area contributed by atoms with Crippen LogP contribution in [0.25, 0.3) is 0 Å². The number of urea groups is 1. The molecule has 8 nitrogen and oxygen atoms in total. The summed E-state index contributed by atoms with van der Waals surface area (Å²) in [6, 6.07) is 0.0312. The van der Waals surface area contributed by atoms with Gasteiger partial charge in [-0.1, -0.05) is 6.42 Å². The molecule has 0 aliphatic carbocycles. The molecule has 0 saturated carbocycles. The fourth-order valence-electron chi connectivity index (χ4n) is 4.01. The van der Waals surface area contributed by atoms with Gasteiger partial charge in [0.15, 0.2) is 0 Å². The molecule has 0 aromatic carbocycles. The Balaban J connectivity index is 1.23. The average Bonchev–Trinajstić information content (AvgIpc) is 3.27. The smallest absolute Gasteiger partial charge is 0.317 e. The number of carbonyl (C=O) groups is 1. The minimum atomic E-state index is 0.0312. The van der Waals surface area contributed by atoms with Crippen molar-refractivity contribution in [2.24, 2.45) is 0 Å². The van der Waals surface area contributed by atoms with E-state index in [4.69, 9.17) is 0 Å². The van der Waals surface area contributed by atoms with Crippen LogP contribution in [0.5, 0.6) is 0 Å². The summed E-state index contributed by atoms with van der Waals surface area (Å²) >= 11 is 0. The molecule has 2 aliphatic rings. The summed E-state index contributed by atoms with van der Waals surface area (Å²) in [5, 5.41) is 11.7. The number of aromatic amines is 1. The molecule has 8 heteroatoms. The van der Waals surface area contributed by atoms with Crippen molar-refractivity contribution in [3.05, 3.63) is 29.9 Å². The average molecular weight is 357 g/mol. The number of hydrogen-bond donors (Lipinski definition) is 2. The van der Waals surface area contributed by atoms with Crippen LogP contribution in [0.15, 0.2) is 12.5 Å². The first-order chi connectivity index (χ1) is 12.8. The first-order valence-electron chi connectivity index (χ1n) is 9.73. The molecule has 2 aliphatic heterocycles. The lowest BCUT2D eigenvalue weighted by molar-refractivity contribution is 0.181. The quantitative estimate of drug-likeness (QED) is 0.874. The number of nitrogens with zero attached hydrogens (tertiary/aromatic N) is 5. The lowest BCUT2D eigenvalue weighted by Crippen LogP contribution is -2.44. The normalized spacial score (nSPS) is 18.4. The van der Waals surface area contributed by atoms with E-state index in [1.165, 1.54) is 25.0 Å². The Morgan fingerprint density at radius 1 is 1.19 bits per heavy atom. The fourth-order valence-corrected chi connectivity index (χ4v) is 4.01. The molecular formula is C18H27N7O. The molecule has 1 saturated heterocycles. The lowest BCUT2D eigenvalue weighted by Gasteiger charge is -2.31. The third kappa shape index (κ3) is 3.73. The Morgan fingerprint density at radius 2 is 2.08 bits per heavy atom. The van der Waals surface area contributed by atoms with Crippen molar-refractivity contribution >= 4 is 6.03 Å². The number of aromatic nitrogens is 5. The summed E-state index contributed by atoms with van der Waals surface area (Å²) in [5.41, 5.74) is 1.18. The number of hydrogen-bond acceptors (Lipinski definition) is 4. The number of piperidine rings is 1. The first kappa shape index (κ1) is 17.1.